The molecule has 0 bridgehead atoms. The summed E-state index contributed by atoms with van der Waals surface area (Å²) in [6, 6.07) is 8.91. The van der Waals surface area contributed by atoms with Crippen molar-refractivity contribution in [3.05, 3.63) is 54.0 Å². The molecule has 0 atom stereocenters. The van der Waals surface area contributed by atoms with Crippen LogP contribution in [0.2, 0.25) is 0 Å². The number of aromatic amines is 1. The monoisotopic (exact) mass is 472 g/mol. The van der Waals surface area contributed by atoms with Gasteiger partial charge in [0.1, 0.15) is 17.0 Å². The largest absolute Gasteiger partial charge is 0.549 e. The maximum Gasteiger partial charge on any atom is 0.399 e. The van der Waals surface area contributed by atoms with E-state index in [-0.39, 0.29) is 25.1 Å². The molecular weight excluding hydrogens is 447 g/mol. The van der Waals surface area contributed by atoms with Gasteiger partial charge in [-0.05, 0) is 55.7 Å². The number of H-pyrrole nitrogens is 1. The summed E-state index contributed by atoms with van der Waals surface area (Å²) in [5.74, 6) is -0.314. The lowest BCUT2D eigenvalue weighted by atomic mass is 9.66. The number of alkyl halides is 3. The van der Waals surface area contributed by atoms with Crippen molar-refractivity contribution in [1.82, 2.24) is 15.0 Å². The Morgan fingerprint density at radius 1 is 1.12 bits per heavy atom. The van der Waals surface area contributed by atoms with Gasteiger partial charge in [0, 0.05) is 28.9 Å². The summed E-state index contributed by atoms with van der Waals surface area (Å²) >= 11 is 0. The second-order valence-corrected chi connectivity index (χ2v) is 9.45. The van der Waals surface area contributed by atoms with Crippen molar-refractivity contribution in [1.29, 1.82) is 0 Å². The molecule has 3 aromatic rings. The number of pyridine rings is 1. The lowest BCUT2D eigenvalue weighted by molar-refractivity contribution is -0.318. The maximum absolute atomic E-state index is 13.6. The standard InChI is InChI=1S/C25H26F3N3O3/c1-15-11-17(21-30-13-19(31-21)24(9-4-10-24)25(26,27)28)12-29-20(15)16-5-7-18(8-6-16)34-14-23(2,3)22(32)33/h5-8,11-13H,4,9-10,14H2,1-3H3,(H,30,31)(H,32,33)/p-1. The summed E-state index contributed by atoms with van der Waals surface area (Å²) in [6.07, 6.45) is -0.771. The van der Waals surface area contributed by atoms with Crippen molar-refractivity contribution in [2.45, 2.75) is 51.6 Å². The topological polar surface area (TPSA) is 90.9 Å². The Balaban J connectivity index is 1.51. The van der Waals surface area contributed by atoms with E-state index < -0.39 is 23.0 Å². The summed E-state index contributed by atoms with van der Waals surface area (Å²) < 4.78 is 46.5. The molecule has 1 aromatic carbocycles. The van der Waals surface area contributed by atoms with E-state index in [1.165, 1.54) is 20.0 Å². The summed E-state index contributed by atoms with van der Waals surface area (Å²) in [5, 5.41) is 11.1. The molecule has 2 aromatic heterocycles. The zero-order chi connectivity index (χ0) is 24.7. The number of halogens is 3. The number of hydrogen-bond donors (Lipinski definition) is 1. The Bertz CT molecular complexity index is 1200. The number of nitrogens with one attached hydrogen (secondary N) is 1. The molecule has 1 saturated carbocycles. The van der Waals surface area contributed by atoms with Crippen LogP contribution in [0, 0.1) is 12.3 Å². The first-order valence-corrected chi connectivity index (χ1v) is 11.0. The molecule has 180 valence electrons. The van der Waals surface area contributed by atoms with E-state index >= 15 is 0 Å². The molecule has 34 heavy (non-hydrogen) atoms. The molecule has 1 fully saturated rings. The van der Waals surface area contributed by atoms with Crippen molar-refractivity contribution in [2.75, 3.05) is 6.61 Å². The Morgan fingerprint density at radius 3 is 2.32 bits per heavy atom. The second-order valence-electron chi connectivity index (χ2n) is 9.45. The molecule has 9 heteroatoms. The van der Waals surface area contributed by atoms with Gasteiger partial charge in [-0.1, -0.05) is 20.3 Å². The Morgan fingerprint density at radius 2 is 1.79 bits per heavy atom. The predicted octanol–water partition coefficient (Wildman–Crippen LogP) is 4.59. The Hall–Kier alpha value is -3.36. The zero-order valence-corrected chi connectivity index (χ0v) is 19.1. The summed E-state index contributed by atoms with van der Waals surface area (Å²) in [5.41, 5.74) is 0.117. The number of carboxylic acid groups (broad SMARTS) is 1. The normalized spacial score (nSPS) is 15.6. The number of carboxylic acids is 1. The quantitative estimate of drug-likeness (QED) is 0.543. The first kappa shape index (κ1) is 23.8. The molecule has 0 aliphatic heterocycles. The number of carbonyl (C=O) groups is 1. The van der Waals surface area contributed by atoms with Gasteiger partial charge in [-0.3, -0.25) is 4.98 Å². The minimum atomic E-state index is -4.32. The number of aryl methyl sites for hydroxylation is 1. The van der Waals surface area contributed by atoms with Crippen LogP contribution in [0.4, 0.5) is 13.2 Å². The summed E-state index contributed by atoms with van der Waals surface area (Å²) in [6.45, 7) is 4.90. The highest BCUT2D eigenvalue weighted by atomic mass is 19.4. The molecule has 4 rings (SSSR count). The third kappa shape index (κ3) is 4.26. The molecule has 0 unspecified atom stereocenters. The van der Waals surface area contributed by atoms with Gasteiger partial charge in [0.25, 0.3) is 0 Å². The zero-order valence-electron chi connectivity index (χ0n) is 19.1. The number of rotatable bonds is 7. The molecule has 1 aliphatic rings. The fourth-order valence-electron chi connectivity index (χ4n) is 3.99. The second kappa shape index (κ2) is 8.45. The lowest BCUT2D eigenvalue weighted by Crippen LogP contribution is -2.48. The third-order valence-electron chi connectivity index (χ3n) is 6.47. The SMILES string of the molecule is Cc1cc(-c2ncc(C3(C(F)(F)F)CCC3)[nH]2)cnc1-c1ccc(OCC(C)(C)C(=O)[O-])cc1. The highest BCUT2D eigenvalue weighted by molar-refractivity contribution is 5.71. The fraction of sp³-hybridized carbons (Fsp3) is 0.400. The van der Waals surface area contributed by atoms with Gasteiger partial charge in [0.2, 0.25) is 0 Å². The maximum atomic E-state index is 13.6. The van der Waals surface area contributed by atoms with Crippen molar-refractivity contribution < 1.29 is 27.8 Å². The van der Waals surface area contributed by atoms with Crippen molar-refractivity contribution in [3.8, 4) is 28.4 Å². The van der Waals surface area contributed by atoms with Gasteiger partial charge in [-0.15, -0.1) is 0 Å². The lowest BCUT2D eigenvalue weighted by Gasteiger charge is -2.42. The Labute approximate surface area is 195 Å². The van der Waals surface area contributed by atoms with E-state index in [1.807, 2.05) is 25.1 Å². The number of hydrogen-bond acceptors (Lipinski definition) is 5. The molecule has 0 spiro atoms. The van der Waals surface area contributed by atoms with Gasteiger partial charge < -0.3 is 19.6 Å². The number of benzene rings is 1. The number of nitrogens with zero attached hydrogens (tertiary/aromatic N) is 2. The van der Waals surface area contributed by atoms with Crippen LogP contribution in [0.5, 0.6) is 5.75 Å². The molecule has 0 saturated heterocycles. The van der Waals surface area contributed by atoms with E-state index in [0.29, 0.717) is 29.3 Å². The third-order valence-corrected chi connectivity index (χ3v) is 6.47. The molecule has 1 aliphatic carbocycles. The van der Waals surface area contributed by atoms with Crippen LogP contribution in [0.3, 0.4) is 0 Å². The van der Waals surface area contributed by atoms with Crippen molar-refractivity contribution >= 4 is 5.97 Å². The van der Waals surface area contributed by atoms with Crippen molar-refractivity contribution in [3.63, 3.8) is 0 Å². The van der Waals surface area contributed by atoms with Gasteiger partial charge in [0.15, 0.2) is 0 Å². The predicted molar refractivity (Wildman–Crippen MR) is 118 cm³/mol. The number of aromatic nitrogens is 3. The van der Waals surface area contributed by atoms with E-state index in [0.717, 1.165) is 11.1 Å². The highest BCUT2D eigenvalue weighted by Gasteiger charge is 2.60. The number of aliphatic carboxylic acids is 1. The van der Waals surface area contributed by atoms with Gasteiger partial charge in [-0.2, -0.15) is 13.2 Å². The van der Waals surface area contributed by atoms with Crippen LogP contribution < -0.4 is 9.84 Å². The molecule has 0 amide bonds. The van der Waals surface area contributed by atoms with Gasteiger partial charge in [-0.25, -0.2) is 4.98 Å². The Kier molecular flexibility index (Phi) is 5.91. The number of imidazole rings is 1. The van der Waals surface area contributed by atoms with Crippen LogP contribution >= 0.6 is 0 Å². The smallest absolute Gasteiger partial charge is 0.399 e. The van der Waals surface area contributed by atoms with Crippen LogP contribution in [-0.2, 0) is 10.2 Å². The van der Waals surface area contributed by atoms with E-state index in [9.17, 15) is 23.1 Å². The fourth-order valence-corrected chi connectivity index (χ4v) is 3.99. The molecule has 6 nitrogen and oxygen atoms in total. The molecule has 0 radical (unpaired) electrons. The highest BCUT2D eigenvalue weighted by Crippen LogP contribution is 2.54. The average molecular weight is 472 g/mol. The van der Waals surface area contributed by atoms with Gasteiger partial charge >= 0.3 is 6.18 Å². The van der Waals surface area contributed by atoms with Crippen LogP contribution in [0.15, 0.2) is 42.7 Å². The first-order valence-electron chi connectivity index (χ1n) is 11.0. The molecule has 2 heterocycles. The van der Waals surface area contributed by atoms with E-state index in [2.05, 4.69) is 15.0 Å². The molecule has 1 N–H and O–H groups in total. The number of ether oxygens (including phenoxy) is 1. The van der Waals surface area contributed by atoms with E-state index in [1.54, 1.807) is 18.3 Å². The minimum Gasteiger partial charge on any atom is -0.549 e. The number of carbonyl (C=O) groups excluding carboxylic acids is 1. The minimum absolute atomic E-state index is 0.0264. The van der Waals surface area contributed by atoms with E-state index in [4.69, 9.17) is 4.74 Å². The average Bonchev–Trinajstić information content (AvgIpc) is 3.21. The summed E-state index contributed by atoms with van der Waals surface area (Å²) in [4.78, 5) is 22.7. The van der Waals surface area contributed by atoms with Gasteiger partial charge in [0.05, 0.1) is 24.0 Å². The summed E-state index contributed by atoms with van der Waals surface area (Å²) in [7, 11) is 0. The molecular formula is C25H25F3N3O3-. The van der Waals surface area contributed by atoms with Crippen LogP contribution in [0.25, 0.3) is 22.6 Å². The van der Waals surface area contributed by atoms with Crippen LogP contribution in [-0.4, -0.2) is 33.7 Å². The van der Waals surface area contributed by atoms with Crippen LogP contribution in [0.1, 0.15) is 44.4 Å². The van der Waals surface area contributed by atoms with Crippen molar-refractivity contribution in [2.24, 2.45) is 5.41 Å². The first-order chi connectivity index (χ1) is 15.9.